The Balaban J connectivity index is 2.05. The molecule has 4 nitrogen and oxygen atoms in total. The highest BCUT2D eigenvalue weighted by atomic mass is 35.5. The summed E-state index contributed by atoms with van der Waals surface area (Å²) >= 11 is 5.91. The van der Waals surface area contributed by atoms with E-state index in [0.717, 1.165) is 18.4 Å². The predicted octanol–water partition coefficient (Wildman–Crippen LogP) is 2.80. The molecule has 1 heterocycles. The molecule has 1 aromatic carbocycles. The van der Waals surface area contributed by atoms with Gasteiger partial charge in [0.2, 0.25) is 5.91 Å². The fourth-order valence-corrected chi connectivity index (χ4v) is 2.81. The van der Waals surface area contributed by atoms with Gasteiger partial charge in [0.25, 0.3) is 0 Å². The Morgan fingerprint density at radius 2 is 2.14 bits per heavy atom. The van der Waals surface area contributed by atoms with Crippen molar-refractivity contribution in [2.75, 3.05) is 6.61 Å². The van der Waals surface area contributed by atoms with Crippen LogP contribution in [0.4, 0.5) is 0 Å². The van der Waals surface area contributed by atoms with Gasteiger partial charge in [-0.3, -0.25) is 4.79 Å². The number of rotatable bonds is 5. The summed E-state index contributed by atoms with van der Waals surface area (Å²) in [5, 5.41) is 3.73. The van der Waals surface area contributed by atoms with Gasteiger partial charge in [-0.2, -0.15) is 0 Å². The van der Waals surface area contributed by atoms with Crippen LogP contribution in [-0.4, -0.2) is 24.1 Å². The van der Waals surface area contributed by atoms with Crippen LogP contribution >= 0.6 is 11.6 Å². The molecule has 1 amide bonds. The lowest BCUT2D eigenvalue weighted by atomic mass is 9.95. The highest BCUT2D eigenvalue weighted by Gasteiger charge is 2.35. The minimum absolute atomic E-state index is 0.0431. The summed E-state index contributed by atoms with van der Waals surface area (Å²) in [4.78, 5) is 12.3. The zero-order valence-electron chi connectivity index (χ0n) is 12.6. The number of hydrogen-bond acceptors (Lipinski definition) is 3. The van der Waals surface area contributed by atoms with Crippen LogP contribution in [0.1, 0.15) is 44.8 Å². The molecule has 5 heteroatoms. The number of carbonyl (C=O) groups is 1. The summed E-state index contributed by atoms with van der Waals surface area (Å²) in [5.41, 5.74) is 6.28. The summed E-state index contributed by atoms with van der Waals surface area (Å²) < 4.78 is 5.77. The second-order valence-electron chi connectivity index (χ2n) is 5.88. The lowest BCUT2D eigenvalue weighted by molar-refractivity contribution is -0.127. The van der Waals surface area contributed by atoms with Crippen LogP contribution in [0.3, 0.4) is 0 Å². The number of ether oxygens (including phenoxy) is 1. The van der Waals surface area contributed by atoms with Crippen LogP contribution < -0.4 is 11.1 Å². The highest BCUT2D eigenvalue weighted by molar-refractivity contribution is 6.30. The van der Waals surface area contributed by atoms with Crippen molar-refractivity contribution in [2.24, 2.45) is 5.73 Å². The maximum absolute atomic E-state index is 12.3. The van der Waals surface area contributed by atoms with E-state index in [-0.39, 0.29) is 18.1 Å². The van der Waals surface area contributed by atoms with Crippen molar-refractivity contribution in [3.05, 3.63) is 34.9 Å². The average molecular weight is 311 g/mol. The molecule has 3 N–H and O–H groups in total. The molecule has 3 atom stereocenters. The smallest absolute Gasteiger partial charge is 0.240 e. The summed E-state index contributed by atoms with van der Waals surface area (Å²) in [6.45, 7) is 4.43. The first-order chi connectivity index (χ1) is 9.94. The maximum atomic E-state index is 12.3. The molecule has 1 aliphatic rings. The molecule has 3 unspecified atom stereocenters. The van der Waals surface area contributed by atoms with E-state index in [9.17, 15) is 4.79 Å². The summed E-state index contributed by atoms with van der Waals surface area (Å²) in [5.74, 6) is -0.112. The molecule has 116 valence electrons. The van der Waals surface area contributed by atoms with E-state index in [2.05, 4.69) is 5.32 Å². The fourth-order valence-electron chi connectivity index (χ4n) is 2.68. The molecule has 1 fully saturated rings. The average Bonchev–Trinajstić information content (AvgIpc) is 2.87. The molecular formula is C16H23ClN2O2. The lowest BCUT2D eigenvalue weighted by Crippen LogP contribution is -2.54. The standard InChI is InChI=1S/C16H23ClN2O2/c1-3-9-16(2,18)15(20)19-13-8-10-21-14(13)11-4-6-12(17)7-5-11/h4-7,13-14H,3,8-10,18H2,1-2H3,(H,19,20). The Bertz CT molecular complexity index is 488. The second kappa shape index (κ2) is 6.77. The van der Waals surface area contributed by atoms with E-state index < -0.39 is 5.54 Å². The monoisotopic (exact) mass is 310 g/mol. The van der Waals surface area contributed by atoms with Crippen LogP contribution in [0.25, 0.3) is 0 Å². The van der Waals surface area contributed by atoms with Crippen molar-refractivity contribution in [3.63, 3.8) is 0 Å². The molecule has 2 rings (SSSR count). The van der Waals surface area contributed by atoms with Crippen LogP contribution in [0.5, 0.6) is 0 Å². The molecule has 0 radical (unpaired) electrons. The maximum Gasteiger partial charge on any atom is 0.240 e. The second-order valence-corrected chi connectivity index (χ2v) is 6.32. The molecule has 0 spiro atoms. The number of hydrogen-bond donors (Lipinski definition) is 2. The third kappa shape index (κ3) is 3.96. The first kappa shape index (κ1) is 16.3. The van der Waals surface area contributed by atoms with E-state index in [0.29, 0.717) is 18.1 Å². The predicted molar refractivity (Wildman–Crippen MR) is 84.2 cm³/mol. The molecular weight excluding hydrogens is 288 g/mol. The van der Waals surface area contributed by atoms with Gasteiger partial charge >= 0.3 is 0 Å². The molecule has 0 bridgehead atoms. The molecule has 1 aliphatic heterocycles. The van der Waals surface area contributed by atoms with Gasteiger partial charge in [-0.15, -0.1) is 0 Å². The Morgan fingerprint density at radius 3 is 2.76 bits per heavy atom. The van der Waals surface area contributed by atoms with Crippen LogP contribution in [0.2, 0.25) is 5.02 Å². The number of halogens is 1. The van der Waals surface area contributed by atoms with Gasteiger partial charge in [-0.05, 0) is 37.5 Å². The van der Waals surface area contributed by atoms with Crippen molar-refractivity contribution >= 4 is 17.5 Å². The number of nitrogens with two attached hydrogens (primary N) is 1. The van der Waals surface area contributed by atoms with Crippen LogP contribution in [-0.2, 0) is 9.53 Å². The summed E-state index contributed by atoms with van der Waals surface area (Å²) in [7, 11) is 0. The van der Waals surface area contributed by atoms with E-state index >= 15 is 0 Å². The molecule has 0 aliphatic carbocycles. The lowest BCUT2D eigenvalue weighted by Gasteiger charge is -2.27. The normalized spacial score (nSPS) is 24.6. The summed E-state index contributed by atoms with van der Waals surface area (Å²) in [6, 6.07) is 7.50. The minimum atomic E-state index is -0.831. The van der Waals surface area contributed by atoms with Gasteiger partial charge in [0.15, 0.2) is 0 Å². The van der Waals surface area contributed by atoms with Gasteiger partial charge in [-0.1, -0.05) is 37.1 Å². The van der Waals surface area contributed by atoms with E-state index in [1.807, 2.05) is 31.2 Å². The van der Waals surface area contributed by atoms with Crippen LogP contribution in [0, 0.1) is 0 Å². The third-order valence-corrected chi connectivity index (χ3v) is 4.15. The van der Waals surface area contributed by atoms with Crippen molar-refractivity contribution in [1.82, 2.24) is 5.32 Å². The molecule has 0 saturated carbocycles. The van der Waals surface area contributed by atoms with Crippen molar-refractivity contribution in [2.45, 2.75) is 50.8 Å². The largest absolute Gasteiger partial charge is 0.371 e. The Hall–Kier alpha value is -1.10. The Labute approximate surface area is 131 Å². The van der Waals surface area contributed by atoms with Crippen LogP contribution in [0.15, 0.2) is 24.3 Å². The zero-order chi connectivity index (χ0) is 15.5. The first-order valence-electron chi connectivity index (χ1n) is 7.41. The molecule has 1 saturated heterocycles. The Kier molecular flexibility index (Phi) is 5.25. The van der Waals surface area contributed by atoms with Gasteiger partial charge in [0.05, 0.1) is 11.6 Å². The number of amides is 1. The fraction of sp³-hybridized carbons (Fsp3) is 0.562. The SMILES string of the molecule is CCCC(C)(N)C(=O)NC1CCOC1c1ccc(Cl)cc1. The van der Waals surface area contributed by atoms with Crippen molar-refractivity contribution in [3.8, 4) is 0 Å². The molecule has 0 aromatic heterocycles. The number of nitrogens with one attached hydrogen (secondary N) is 1. The van der Waals surface area contributed by atoms with E-state index in [1.165, 1.54) is 0 Å². The number of carbonyl (C=O) groups excluding carboxylic acids is 1. The van der Waals surface area contributed by atoms with Gasteiger partial charge in [-0.25, -0.2) is 0 Å². The highest BCUT2D eigenvalue weighted by Crippen LogP contribution is 2.30. The zero-order valence-corrected chi connectivity index (χ0v) is 13.3. The van der Waals surface area contributed by atoms with E-state index in [1.54, 1.807) is 6.92 Å². The van der Waals surface area contributed by atoms with E-state index in [4.69, 9.17) is 22.1 Å². The minimum Gasteiger partial charge on any atom is -0.371 e. The van der Waals surface area contributed by atoms with Crippen molar-refractivity contribution < 1.29 is 9.53 Å². The van der Waals surface area contributed by atoms with Crippen molar-refractivity contribution in [1.29, 1.82) is 0 Å². The third-order valence-electron chi connectivity index (χ3n) is 3.89. The first-order valence-corrected chi connectivity index (χ1v) is 7.79. The van der Waals surface area contributed by atoms with Gasteiger partial charge in [0.1, 0.15) is 6.10 Å². The number of benzene rings is 1. The Morgan fingerprint density at radius 1 is 1.48 bits per heavy atom. The molecule has 1 aromatic rings. The summed E-state index contributed by atoms with van der Waals surface area (Å²) in [6.07, 6.45) is 2.20. The topological polar surface area (TPSA) is 64.4 Å². The molecule has 21 heavy (non-hydrogen) atoms. The van der Waals surface area contributed by atoms with Gasteiger partial charge < -0.3 is 15.8 Å². The quantitative estimate of drug-likeness (QED) is 0.879. The van der Waals surface area contributed by atoms with Gasteiger partial charge in [0, 0.05) is 11.6 Å².